The molecule has 0 spiro atoms. The average Bonchev–Trinajstić information content (AvgIpc) is 2.59. The van der Waals surface area contributed by atoms with Crippen molar-refractivity contribution in [3.05, 3.63) is 27.2 Å². The summed E-state index contributed by atoms with van der Waals surface area (Å²) in [5.74, 6) is -0.675. The number of H-pyrrole nitrogens is 1. The second-order valence-electron chi connectivity index (χ2n) is 7.56. The number of hydrogen-bond donors (Lipinski definition) is 2. The number of nitrogens with one attached hydrogen (secondary N) is 2. The molecule has 1 unspecified atom stereocenters. The summed E-state index contributed by atoms with van der Waals surface area (Å²) in [7, 11) is 0. The summed E-state index contributed by atoms with van der Waals surface area (Å²) in [4.78, 5) is 40.9. The van der Waals surface area contributed by atoms with E-state index in [4.69, 9.17) is 4.84 Å². The largest absolute Gasteiger partial charge is 0.354 e. The molecule has 1 aliphatic rings. The van der Waals surface area contributed by atoms with Gasteiger partial charge in [-0.3, -0.25) is 19.2 Å². The third-order valence-corrected chi connectivity index (χ3v) is 4.27. The third-order valence-electron chi connectivity index (χ3n) is 4.27. The van der Waals surface area contributed by atoms with E-state index in [2.05, 4.69) is 15.5 Å². The van der Waals surface area contributed by atoms with Crippen molar-refractivity contribution in [1.82, 2.24) is 20.6 Å². The lowest BCUT2D eigenvalue weighted by atomic mass is 9.88. The summed E-state index contributed by atoms with van der Waals surface area (Å²) in [6.45, 7) is 7.81. The Kier molecular flexibility index (Phi) is 6.52. The number of carbonyl (C=O) groups is 2. The van der Waals surface area contributed by atoms with Gasteiger partial charge >= 0.3 is 0 Å². The Labute approximate surface area is 153 Å². The molecule has 0 saturated heterocycles. The molecule has 0 bridgehead atoms. The van der Waals surface area contributed by atoms with Gasteiger partial charge in [0.15, 0.2) is 0 Å². The number of amides is 2. The molecule has 0 radical (unpaired) electrons. The minimum atomic E-state index is -0.489. The minimum absolute atomic E-state index is 0.156. The zero-order valence-corrected chi connectivity index (χ0v) is 15.9. The van der Waals surface area contributed by atoms with Crippen LogP contribution in [0.2, 0.25) is 0 Å². The van der Waals surface area contributed by atoms with Gasteiger partial charge < -0.3 is 5.32 Å². The van der Waals surface area contributed by atoms with Gasteiger partial charge in [0.25, 0.3) is 5.56 Å². The number of fused-ring (bicyclic) bond motifs is 1. The fourth-order valence-electron chi connectivity index (χ4n) is 3.08. The van der Waals surface area contributed by atoms with Crippen LogP contribution in [-0.4, -0.2) is 46.3 Å². The van der Waals surface area contributed by atoms with E-state index >= 15 is 0 Å². The van der Waals surface area contributed by atoms with Crippen LogP contribution in [0.25, 0.3) is 0 Å². The lowest BCUT2D eigenvalue weighted by Crippen LogP contribution is -2.40. The van der Waals surface area contributed by atoms with E-state index < -0.39 is 11.5 Å². The number of rotatable bonds is 7. The Balaban J connectivity index is 1.98. The molecule has 2 rings (SSSR count). The molecule has 2 N–H and O–H groups in total. The molecule has 8 heteroatoms. The second-order valence-corrected chi connectivity index (χ2v) is 7.56. The maximum absolute atomic E-state index is 12.5. The molecule has 1 atom stereocenters. The van der Waals surface area contributed by atoms with Crippen molar-refractivity contribution in [2.24, 2.45) is 0 Å². The van der Waals surface area contributed by atoms with Crippen LogP contribution >= 0.6 is 0 Å². The van der Waals surface area contributed by atoms with Gasteiger partial charge in [0.1, 0.15) is 0 Å². The fraction of sp³-hybridized carbons (Fsp3) is 0.667. The summed E-state index contributed by atoms with van der Waals surface area (Å²) in [5.41, 5.74) is 1.66. The van der Waals surface area contributed by atoms with Gasteiger partial charge in [0.2, 0.25) is 12.3 Å². The van der Waals surface area contributed by atoms with Crippen LogP contribution in [0.15, 0.2) is 4.79 Å². The molecular weight excluding hydrogens is 336 g/mol. The van der Waals surface area contributed by atoms with Gasteiger partial charge in [-0.1, -0.05) is 0 Å². The quantitative estimate of drug-likeness (QED) is 0.556. The van der Waals surface area contributed by atoms with Crippen molar-refractivity contribution in [3.63, 3.8) is 0 Å². The molecule has 1 aromatic rings. The number of aromatic amines is 1. The number of carbonyl (C=O) groups excluding carboxylic acids is 2. The van der Waals surface area contributed by atoms with Crippen molar-refractivity contribution in [2.45, 2.75) is 64.9 Å². The monoisotopic (exact) mass is 364 g/mol. The van der Waals surface area contributed by atoms with E-state index in [0.717, 1.165) is 36.8 Å². The summed E-state index contributed by atoms with van der Waals surface area (Å²) >= 11 is 0. The molecule has 8 nitrogen and oxygen atoms in total. The van der Waals surface area contributed by atoms with Crippen LogP contribution in [0.1, 0.15) is 63.3 Å². The fourth-order valence-corrected chi connectivity index (χ4v) is 3.08. The van der Waals surface area contributed by atoms with Crippen LogP contribution in [0, 0.1) is 0 Å². The SMILES string of the molecule is CC(C(=O)NCCN(C=O)OC(C)(C)C)c1n[nH]c(=O)c2c1CCCC2. The van der Waals surface area contributed by atoms with E-state index in [0.29, 0.717) is 12.1 Å². The first-order chi connectivity index (χ1) is 12.2. The Hall–Kier alpha value is -2.22. The third kappa shape index (κ3) is 5.14. The molecule has 0 aliphatic heterocycles. The molecule has 1 aromatic heterocycles. The zero-order chi connectivity index (χ0) is 19.3. The number of hydrogen-bond acceptors (Lipinski definition) is 5. The maximum Gasteiger partial charge on any atom is 0.267 e. The normalized spacial score (nSPS) is 15.1. The van der Waals surface area contributed by atoms with Crippen LogP contribution in [0.3, 0.4) is 0 Å². The Morgan fingerprint density at radius 2 is 2.00 bits per heavy atom. The topological polar surface area (TPSA) is 104 Å². The van der Waals surface area contributed by atoms with Crippen molar-refractivity contribution in [1.29, 1.82) is 0 Å². The summed E-state index contributed by atoms with van der Waals surface area (Å²) in [5, 5.41) is 10.6. The lowest BCUT2D eigenvalue weighted by Gasteiger charge is -2.27. The molecule has 0 saturated carbocycles. The van der Waals surface area contributed by atoms with E-state index in [1.807, 2.05) is 20.8 Å². The molecule has 144 valence electrons. The van der Waals surface area contributed by atoms with Gasteiger partial charge in [-0.25, -0.2) is 10.2 Å². The Morgan fingerprint density at radius 3 is 2.62 bits per heavy atom. The molecule has 2 amide bonds. The van der Waals surface area contributed by atoms with Gasteiger partial charge in [0, 0.05) is 12.1 Å². The van der Waals surface area contributed by atoms with Gasteiger partial charge in [-0.2, -0.15) is 5.10 Å². The predicted octanol–water partition coefficient (Wildman–Crippen LogP) is 1.06. The molecule has 0 fully saturated rings. The van der Waals surface area contributed by atoms with Gasteiger partial charge in [-0.15, -0.1) is 0 Å². The smallest absolute Gasteiger partial charge is 0.267 e. The second kappa shape index (κ2) is 8.44. The predicted molar refractivity (Wildman–Crippen MR) is 96.5 cm³/mol. The van der Waals surface area contributed by atoms with Crippen LogP contribution in [0.5, 0.6) is 0 Å². The van der Waals surface area contributed by atoms with E-state index in [-0.39, 0.29) is 24.6 Å². The maximum atomic E-state index is 12.5. The molecule has 26 heavy (non-hydrogen) atoms. The number of nitrogens with zero attached hydrogens (tertiary/aromatic N) is 2. The highest BCUT2D eigenvalue weighted by Crippen LogP contribution is 2.25. The van der Waals surface area contributed by atoms with E-state index in [9.17, 15) is 14.4 Å². The first-order valence-corrected chi connectivity index (χ1v) is 9.02. The van der Waals surface area contributed by atoms with Crippen molar-refractivity contribution >= 4 is 12.3 Å². The van der Waals surface area contributed by atoms with Crippen molar-refractivity contribution < 1.29 is 14.4 Å². The highest BCUT2D eigenvalue weighted by molar-refractivity contribution is 5.83. The highest BCUT2D eigenvalue weighted by Gasteiger charge is 2.25. The van der Waals surface area contributed by atoms with E-state index in [1.165, 1.54) is 5.06 Å². The van der Waals surface area contributed by atoms with Crippen molar-refractivity contribution in [2.75, 3.05) is 13.1 Å². The van der Waals surface area contributed by atoms with Crippen molar-refractivity contribution in [3.8, 4) is 0 Å². The average molecular weight is 364 g/mol. The van der Waals surface area contributed by atoms with Crippen LogP contribution in [0.4, 0.5) is 0 Å². The highest BCUT2D eigenvalue weighted by atomic mass is 16.7. The minimum Gasteiger partial charge on any atom is -0.354 e. The standard InChI is InChI=1S/C18H28N4O4/c1-12(15-13-7-5-6-8-14(13)17(25)21-20-15)16(24)19-9-10-22(11-23)26-18(2,3)4/h11-12H,5-10H2,1-4H3,(H,19,24)(H,21,25). The first kappa shape index (κ1) is 20.1. The van der Waals surface area contributed by atoms with Gasteiger partial charge in [-0.05, 0) is 58.9 Å². The Bertz CT molecular complexity index is 708. The Morgan fingerprint density at radius 1 is 1.35 bits per heavy atom. The zero-order valence-electron chi connectivity index (χ0n) is 15.9. The number of hydroxylamine groups is 2. The summed E-state index contributed by atoms with van der Waals surface area (Å²) < 4.78 is 0. The number of aromatic nitrogens is 2. The van der Waals surface area contributed by atoms with Crippen LogP contribution < -0.4 is 10.9 Å². The lowest BCUT2D eigenvalue weighted by molar-refractivity contribution is -0.215. The summed E-state index contributed by atoms with van der Waals surface area (Å²) in [6.07, 6.45) is 4.08. The van der Waals surface area contributed by atoms with Crippen LogP contribution in [-0.2, 0) is 27.3 Å². The molecular formula is C18H28N4O4. The molecule has 1 heterocycles. The molecule has 1 aliphatic carbocycles. The van der Waals surface area contributed by atoms with E-state index in [1.54, 1.807) is 6.92 Å². The summed E-state index contributed by atoms with van der Waals surface area (Å²) in [6, 6.07) is 0. The first-order valence-electron chi connectivity index (χ1n) is 9.02. The van der Waals surface area contributed by atoms with Gasteiger partial charge in [0.05, 0.1) is 23.8 Å². The molecule has 0 aromatic carbocycles.